The fourth-order valence-corrected chi connectivity index (χ4v) is 2.61. The quantitative estimate of drug-likeness (QED) is 0.919. The molecule has 0 aliphatic carbocycles. The van der Waals surface area contributed by atoms with Crippen molar-refractivity contribution >= 4 is 15.9 Å². The number of aromatic amines is 1. The van der Waals surface area contributed by atoms with Crippen LogP contribution in [0, 0.1) is 5.92 Å². The Bertz CT molecular complexity index is 645. The van der Waals surface area contributed by atoms with E-state index >= 15 is 0 Å². The standard InChI is InChI=1S/C16H19BrN2O/c1-4-13-14(17)16(20)19-15(18-13)12-7-5-11(6-8-12)9-10(2)3/h5-8,10H,4,9H2,1-3H3,(H,18,19,20). The van der Waals surface area contributed by atoms with Crippen LogP contribution >= 0.6 is 15.9 Å². The zero-order valence-electron chi connectivity index (χ0n) is 12.0. The van der Waals surface area contributed by atoms with Crippen molar-refractivity contribution in [1.82, 2.24) is 9.97 Å². The summed E-state index contributed by atoms with van der Waals surface area (Å²) in [4.78, 5) is 19.2. The summed E-state index contributed by atoms with van der Waals surface area (Å²) >= 11 is 3.28. The van der Waals surface area contributed by atoms with Gasteiger partial charge in [-0.15, -0.1) is 0 Å². The van der Waals surface area contributed by atoms with Crippen molar-refractivity contribution < 1.29 is 0 Å². The number of H-pyrrole nitrogens is 1. The summed E-state index contributed by atoms with van der Waals surface area (Å²) in [6.45, 7) is 6.40. The van der Waals surface area contributed by atoms with E-state index in [2.05, 4.69) is 51.9 Å². The van der Waals surface area contributed by atoms with Gasteiger partial charge in [0.05, 0.1) is 5.69 Å². The molecule has 0 aliphatic rings. The van der Waals surface area contributed by atoms with Crippen LogP contribution in [0.15, 0.2) is 33.5 Å². The van der Waals surface area contributed by atoms with Crippen LogP contribution in [-0.2, 0) is 12.8 Å². The zero-order valence-corrected chi connectivity index (χ0v) is 13.6. The monoisotopic (exact) mass is 334 g/mol. The molecule has 0 bridgehead atoms. The smallest absolute Gasteiger partial charge is 0.265 e. The molecule has 3 nitrogen and oxygen atoms in total. The van der Waals surface area contributed by atoms with Gasteiger partial charge in [0.1, 0.15) is 10.3 Å². The summed E-state index contributed by atoms with van der Waals surface area (Å²) in [5, 5.41) is 0. The van der Waals surface area contributed by atoms with Crippen molar-refractivity contribution in [2.24, 2.45) is 5.92 Å². The topological polar surface area (TPSA) is 45.8 Å². The van der Waals surface area contributed by atoms with Crippen LogP contribution in [0.4, 0.5) is 0 Å². The first-order valence-corrected chi connectivity index (χ1v) is 7.68. The van der Waals surface area contributed by atoms with Gasteiger partial charge in [0.25, 0.3) is 5.56 Å². The molecule has 0 spiro atoms. The second-order valence-corrected chi connectivity index (χ2v) is 6.12. The minimum absolute atomic E-state index is 0.127. The molecule has 1 heterocycles. The Balaban J connectivity index is 2.37. The first kappa shape index (κ1) is 15.0. The van der Waals surface area contributed by atoms with Crippen molar-refractivity contribution in [2.45, 2.75) is 33.6 Å². The lowest BCUT2D eigenvalue weighted by Crippen LogP contribution is -2.13. The van der Waals surface area contributed by atoms with Crippen molar-refractivity contribution in [2.75, 3.05) is 0 Å². The number of nitrogens with zero attached hydrogens (tertiary/aromatic N) is 1. The Labute approximate surface area is 127 Å². The van der Waals surface area contributed by atoms with Gasteiger partial charge in [-0.2, -0.15) is 0 Å². The molecular formula is C16H19BrN2O. The average Bonchev–Trinajstić information content (AvgIpc) is 2.42. The number of benzene rings is 1. The van der Waals surface area contributed by atoms with Gasteiger partial charge < -0.3 is 4.98 Å². The maximum absolute atomic E-state index is 11.9. The zero-order chi connectivity index (χ0) is 14.7. The second kappa shape index (κ2) is 6.35. The maximum Gasteiger partial charge on any atom is 0.265 e. The Kier molecular flexibility index (Phi) is 4.76. The molecule has 1 aromatic heterocycles. The van der Waals surface area contributed by atoms with E-state index in [0.29, 0.717) is 16.2 Å². The van der Waals surface area contributed by atoms with Gasteiger partial charge >= 0.3 is 0 Å². The highest BCUT2D eigenvalue weighted by molar-refractivity contribution is 9.10. The van der Waals surface area contributed by atoms with Crippen molar-refractivity contribution in [3.05, 3.63) is 50.3 Å². The van der Waals surface area contributed by atoms with E-state index in [9.17, 15) is 4.79 Å². The summed E-state index contributed by atoms with van der Waals surface area (Å²) in [5.41, 5.74) is 2.91. The molecule has 0 radical (unpaired) electrons. The summed E-state index contributed by atoms with van der Waals surface area (Å²) in [6, 6.07) is 8.23. The minimum Gasteiger partial charge on any atom is -0.306 e. The minimum atomic E-state index is -0.127. The van der Waals surface area contributed by atoms with Gasteiger partial charge in [-0.25, -0.2) is 4.98 Å². The van der Waals surface area contributed by atoms with Crippen LogP contribution < -0.4 is 5.56 Å². The molecule has 0 saturated carbocycles. The summed E-state index contributed by atoms with van der Waals surface area (Å²) < 4.78 is 0.528. The van der Waals surface area contributed by atoms with Gasteiger partial charge in [0.15, 0.2) is 0 Å². The lowest BCUT2D eigenvalue weighted by Gasteiger charge is -2.08. The molecule has 2 rings (SSSR count). The van der Waals surface area contributed by atoms with Gasteiger partial charge in [-0.1, -0.05) is 45.0 Å². The van der Waals surface area contributed by atoms with E-state index in [1.54, 1.807) is 0 Å². The second-order valence-electron chi connectivity index (χ2n) is 5.32. The predicted molar refractivity (Wildman–Crippen MR) is 85.9 cm³/mol. The van der Waals surface area contributed by atoms with Crippen molar-refractivity contribution in [3.8, 4) is 11.4 Å². The molecule has 1 N–H and O–H groups in total. The predicted octanol–water partition coefficient (Wildman–Crippen LogP) is 3.96. The van der Waals surface area contributed by atoms with E-state index in [0.717, 1.165) is 24.1 Å². The molecule has 106 valence electrons. The maximum atomic E-state index is 11.9. The van der Waals surface area contributed by atoms with Gasteiger partial charge in [0.2, 0.25) is 0 Å². The Hall–Kier alpha value is -1.42. The highest BCUT2D eigenvalue weighted by atomic mass is 79.9. The largest absolute Gasteiger partial charge is 0.306 e. The van der Waals surface area contributed by atoms with Crippen LogP contribution in [0.5, 0.6) is 0 Å². The van der Waals surface area contributed by atoms with E-state index in [4.69, 9.17) is 0 Å². The normalized spacial score (nSPS) is 11.1. The number of rotatable bonds is 4. The van der Waals surface area contributed by atoms with Crippen LogP contribution in [0.2, 0.25) is 0 Å². The molecule has 0 fully saturated rings. The highest BCUT2D eigenvalue weighted by Crippen LogP contribution is 2.19. The highest BCUT2D eigenvalue weighted by Gasteiger charge is 2.09. The number of hydrogen-bond acceptors (Lipinski definition) is 2. The number of nitrogens with one attached hydrogen (secondary N) is 1. The summed E-state index contributed by atoms with van der Waals surface area (Å²) in [6.07, 6.45) is 1.79. The molecule has 0 amide bonds. The van der Waals surface area contributed by atoms with Crippen LogP contribution in [0.1, 0.15) is 32.0 Å². The SMILES string of the molecule is CCc1nc(-c2ccc(CC(C)C)cc2)[nH]c(=O)c1Br. The van der Waals surface area contributed by atoms with Crippen LogP contribution in [-0.4, -0.2) is 9.97 Å². The molecule has 0 saturated heterocycles. The number of hydrogen-bond donors (Lipinski definition) is 1. The first-order chi connectivity index (χ1) is 9.51. The molecule has 0 atom stereocenters. The van der Waals surface area contributed by atoms with Crippen molar-refractivity contribution in [1.29, 1.82) is 0 Å². The third-order valence-corrected chi connectivity index (χ3v) is 3.96. The number of aryl methyl sites for hydroxylation is 1. The van der Waals surface area contributed by atoms with E-state index < -0.39 is 0 Å². The molecule has 0 unspecified atom stereocenters. The van der Waals surface area contributed by atoms with Gasteiger partial charge in [0, 0.05) is 5.56 Å². The Morgan fingerprint density at radius 3 is 2.45 bits per heavy atom. The van der Waals surface area contributed by atoms with E-state index in [1.807, 2.05) is 19.1 Å². The fourth-order valence-electron chi connectivity index (χ4n) is 2.15. The lowest BCUT2D eigenvalue weighted by atomic mass is 10.0. The summed E-state index contributed by atoms with van der Waals surface area (Å²) in [7, 11) is 0. The molecule has 0 aliphatic heterocycles. The average molecular weight is 335 g/mol. The fraction of sp³-hybridized carbons (Fsp3) is 0.375. The Morgan fingerprint density at radius 1 is 1.25 bits per heavy atom. The molecule has 2 aromatic rings. The molecule has 1 aromatic carbocycles. The molecular weight excluding hydrogens is 316 g/mol. The van der Waals surface area contributed by atoms with Crippen molar-refractivity contribution in [3.63, 3.8) is 0 Å². The number of aromatic nitrogens is 2. The molecule has 4 heteroatoms. The molecule has 20 heavy (non-hydrogen) atoms. The lowest BCUT2D eigenvalue weighted by molar-refractivity contribution is 0.647. The summed E-state index contributed by atoms with van der Waals surface area (Å²) in [5.74, 6) is 1.27. The third kappa shape index (κ3) is 3.37. The first-order valence-electron chi connectivity index (χ1n) is 6.89. The number of halogens is 1. The van der Waals surface area contributed by atoms with Crippen LogP contribution in [0.25, 0.3) is 11.4 Å². The van der Waals surface area contributed by atoms with Gasteiger partial charge in [-0.3, -0.25) is 4.79 Å². The van der Waals surface area contributed by atoms with Gasteiger partial charge in [-0.05, 0) is 40.3 Å². The Morgan fingerprint density at radius 2 is 1.90 bits per heavy atom. The van der Waals surface area contributed by atoms with E-state index in [-0.39, 0.29) is 5.56 Å². The van der Waals surface area contributed by atoms with E-state index in [1.165, 1.54) is 5.56 Å². The van der Waals surface area contributed by atoms with Crippen LogP contribution in [0.3, 0.4) is 0 Å². The third-order valence-electron chi connectivity index (χ3n) is 3.14.